The van der Waals surface area contributed by atoms with Crippen molar-refractivity contribution < 1.29 is 23.8 Å². The van der Waals surface area contributed by atoms with Crippen LogP contribution >= 0.6 is 0 Å². The molecular formula is C23H23NO5. The third kappa shape index (κ3) is 4.66. The number of anilines is 1. The fourth-order valence-electron chi connectivity index (χ4n) is 2.92. The number of hydrogen-bond donors (Lipinski definition) is 1. The molecule has 0 bridgehead atoms. The number of fused-ring (bicyclic) bond motifs is 1. The molecule has 0 aliphatic rings. The summed E-state index contributed by atoms with van der Waals surface area (Å²) in [5.41, 5.74) is 0.943. The number of carbonyl (C=O) groups excluding carboxylic acids is 2. The van der Waals surface area contributed by atoms with Crippen molar-refractivity contribution >= 4 is 28.3 Å². The lowest BCUT2D eigenvalue weighted by Crippen LogP contribution is -2.30. The summed E-state index contributed by atoms with van der Waals surface area (Å²) < 4.78 is 16.0. The molecule has 1 atom stereocenters. The van der Waals surface area contributed by atoms with Gasteiger partial charge in [0.05, 0.1) is 19.3 Å². The zero-order valence-corrected chi connectivity index (χ0v) is 16.6. The maximum absolute atomic E-state index is 12.6. The van der Waals surface area contributed by atoms with E-state index in [0.717, 1.165) is 10.8 Å². The topological polar surface area (TPSA) is 73.9 Å². The minimum absolute atomic E-state index is 0.277. The van der Waals surface area contributed by atoms with Crippen molar-refractivity contribution in [2.24, 2.45) is 0 Å². The second kappa shape index (κ2) is 9.10. The molecule has 0 fully saturated rings. The van der Waals surface area contributed by atoms with Crippen LogP contribution in [0.2, 0.25) is 0 Å². The number of nitrogens with one attached hydrogen (secondary N) is 1. The Morgan fingerprint density at radius 3 is 2.52 bits per heavy atom. The first-order valence-electron chi connectivity index (χ1n) is 9.34. The van der Waals surface area contributed by atoms with E-state index in [-0.39, 0.29) is 5.56 Å². The van der Waals surface area contributed by atoms with Gasteiger partial charge in [-0.25, -0.2) is 4.79 Å². The molecule has 6 heteroatoms. The molecule has 29 heavy (non-hydrogen) atoms. The second-order valence-electron chi connectivity index (χ2n) is 6.36. The summed E-state index contributed by atoms with van der Waals surface area (Å²) in [7, 11) is 1.52. The first-order valence-corrected chi connectivity index (χ1v) is 9.34. The molecule has 0 aromatic heterocycles. The molecule has 0 aliphatic carbocycles. The second-order valence-corrected chi connectivity index (χ2v) is 6.36. The van der Waals surface area contributed by atoms with E-state index in [1.807, 2.05) is 49.4 Å². The summed E-state index contributed by atoms with van der Waals surface area (Å²) in [6.45, 7) is 3.80. The number of amides is 1. The van der Waals surface area contributed by atoms with Gasteiger partial charge in [0.25, 0.3) is 5.91 Å². The lowest BCUT2D eigenvalue weighted by molar-refractivity contribution is -0.123. The van der Waals surface area contributed by atoms with Gasteiger partial charge in [-0.05, 0) is 43.5 Å². The van der Waals surface area contributed by atoms with Crippen LogP contribution in [0.3, 0.4) is 0 Å². The summed E-state index contributed by atoms with van der Waals surface area (Å²) in [6.07, 6.45) is -0.973. The van der Waals surface area contributed by atoms with Crippen LogP contribution in [0, 0.1) is 0 Å². The van der Waals surface area contributed by atoms with Gasteiger partial charge in [-0.2, -0.15) is 0 Å². The first-order chi connectivity index (χ1) is 14.0. The molecule has 150 valence electrons. The Bertz CT molecular complexity index is 1030. The summed E-state index contributed by atoms with van der Waals surface area (Å²) >= 11 is 0. The SMILES string of the molecule is CCOc1cc(C(=O)O[C@@H](C)C(=O)Nc2cccc3ccccc23)ccc1OC. The largest absolute Gasteiger partial charge is 0.493 e. The molecule has 6 nitrogen and oxygen atoms in total. The lowest BCUT2D eigenvalue weighted by atomic mass is 10.1. The monoisotopic (exact) mass is 393 g/mol. The molecule has 1 N–H and O–H groups in total. The standard InChI is InChI=1S/C23H23NO5/c1-4-28-21-14-17(12-13-20(21)27-3)23(26)29-15(2)22(25)24-19-11-7-9-16-8-5-6-10-18(16)19/h5-15H,4H2,1-3H3,(H,24,25)/t15-/m0/s1. The van der Waals surface area contributed by atoms with Gasteiger partial charge in [0.15, 0.2) is 17.6 Å². The van der Waals surface area contributed by atoms with Crippen molar-refractivity contribution in [2.75, 3.05) is 19.0 Å². The van der Waals surface area contributed by atoms with Crippen LogP contribution in [0.1, 0.15) is 24.2 Å². The Morgan fingerprint density at radius 2 is 1.76 bits per heavy atom. The third-order valence-corrected chi connectivity index (χ3v) is 4.40. The molecule has 3 aromatic rings. The Labute approximate surface area is 169 Å². The summed E-state index contributed by atoms with van der Waals surface area (Å²) in [5.74, 6) is -0.0649. The maximum atomic E-state index is 12.6. The summed E-state index contributed by atoms with van der Waals surface area (Å²) in [6, 6.07) is 18.1. The van der Waals surface area contributed by atoms with Gasteiger partial charge in [0.2, 0.25) is 0 Å². The van der Waals surface area contributed by atoms with E-state index in [1.165, 1.54) is 14.0 Å². The van der Waals surface area contributed by atoms with E-state index >= 15 is 0 Å². The molecule has 0 saturated carbocycles. The number of benzene rings is 3. The number of esters is 1. The summed E-state index contributed by atoms with van der Waals surface area (Å²) in [4.78, 5) is 25.0. The number of carbonyl (C=O) groups is 2. The van der Waals surface area contributed by atoms with Gasteiger partial charge in [0.1, 0.15) is 0 Å². The van der Waals surface area contributed by atoms with E-state index < -0.39 is 18.0 Å². The van der Waals surface area contributed by atoms with Gasteiger partial charge < -0.3 is 19.5 Å². The Balaban J connectivity index is 1.70. The highest BCUT2D eigenvalue weighted by Crippen LogP contribution is 2.28. The van der Waals surface area contributed by atoms with Gasteiger partial charge in [-0.15, -0.1) is 0 Å². The molecule has 0 radical (unpaired) electrons. The van der Waals surface area contributed by atoms with Crippen molar-refractivity contribution in [2.45, 2.75) is 20.0 Å². The minimum atomic E-state index is -0.973. The van der Waals surface area contributed by atoms with E-state index in [2.05, 4.69) is 5.32 Å². The van der Waals surface area contributed by atoms with E-state index in [0.29, 0.717) is 23.8 Å². The van der Waals surface area contributed by atoms with E-state index in [9.17, 15) is 9.59 Å². The zero-order chi connectivity index (χ0) is 20.8. The predicted octanol–water partition coefficient (Wildman–Crippen LogP) is 4.43. The summed E-state index contributed by atoms with van der Waals surface area (Å²) in [5, 5.41) is 4.76. The lowest BCUT2D eigenvalue weighted by Gasteiger charge is -2.15. The molecule has 3 aromatic carbocycles. The van der Waals surface area contributed by atoms with Crippen LogP contribution in [-0.4, -0.2) is 31.7 Å². The average molecular weight is 393 g/mol. The molecule has 0 saturated heterocycles. The third-order valence-electron chi connectivity index (χ3n) is 4.40. The van der Waals surface area contributed by atoms with Gasteiger partial charge >= 0.3 is 5.97 Å². The molecule has 1 amide bonds. The fraction of sp³-hybridized carbons (Fsp3) is 0.217. The maximum Gasteiger partial charge on any atom is 0.339 e. The highest BCUT2D eigenvalue weighted by atomic mass is 16.5. The number of methoxy groups -OCH3 is 1. The molecule has 0 heterocycles. The Hall–Kier alpha value is -3.54. The van der Waals surface area contributed by atoms with Crippen LogP contribution in [0.5, 0.6) is 11.5 Å². The van der Waals surface area contributed by atoms with Crippen LogP contribution in [0.25, 0.3) is 10.8 Å². The van der Waals surface area contributed by atoms with Crippen molar-refractivity contribution in [1.82, 2.24) is 0 Å². The van der Waals surface area contributed by atoms with E-state index in [1.54, 1.807) is 18.2 Å². The zero-order valence-electron chi connectivity index (χ0n) is 16.6. The molecular weight excluding hydrogens is 370 g/mol. The van der Waals surface area contributed by atoms with Gasteiger partial charge in [0, 0.05) is 11.1 Å². The first kappa shape index (κ1) is 20.2. The predicted molar refractivity (Wildman–Crippen MR) is 112 cm³/mol. The Morgan fingerprint density at radius 1 is 1.00 bits per heavy atom. The highest BCUT2D eigenvalue weighted by molar-refractivity contribution is 6.04. The minimum Gasteiger partial charge on any atom is -0.493 e. The number of ether oxygens (including phenoxy) is 3. The molecule has 0 unspecified atom stereocenters. The smallest absolute Gasteiger partial charge is 0.339 e. The van der Waals surface area contributed by atoms with Crippen molar-refractivity contribution in [3.63, 3.8) is 0 Å². The number of rotatable bonds is 7. The van der Waals surface area contributed by atoms with E-state index in [4.69, 9.17) is 14.2 Å². The van der Waals surface area contributed by atoms with Crippen LogP contribution in [0.4, 0.5) is 5.69 Å². The average Bonchev–Trinajstić information content (AvgIpc) is 2.74. The quantitative estimate of drug-likeness (QED) is 0.601. The normalized spacial score (nSPS) is 11.6. The van der Waals surface area contributed by atoms with Crippen molar-refractivity contribution in [3.05, 3.63) is 66.2 Å². The number of hydrogen-bond acceptors (Lipinski definition) is 5. The van der Waals surface area contributed by atoms with Crippen molar-refractivity contribution in [3.8, 4) is 11.5 Å². The van der Waals surface area contributed by atoms with Gasteiger partial charge in [-0.3, -0.25) is 4.79 Å². The van der Waals surface area contributed by atoms with Crippen molar-refractivity contribution in [1.29, 1.82) is 0 Å². The van der Waals surface area contributed by atoms with Crippen LogP contribution in [-0.2, 0) is 9.53 Å². The highest BCUT2D eigenvalue weighted by Gasteiger charge is 2.21. The van der Waals surface area contributed by atoms with Crippen LogP contribution < -0.4 is 14.8 Å². The molecule has 3 rings (SSSR count). The van der Waals surface area contributed by atoms with Crippen LogP contribution in [0.15, 0.2) is 60.7 Å². The van der Waals surface area contributed by atoms with Gasteiger partial charge in [-0.1, -0.05) is 36.4 Å². The fourth-order valence-corrected chi connectivity index (χ4v) is 2.92. The molecule has 0 spiro atoms. The molecule has 0 aliphatic heterocycles. The Kier molecular flexibility index (Phi) is 6.34.